The van der Waals surface area contributed by atoms with Crippen LogP contribution in [0.4, 0.5) is 0 Å². The van der Waals surface area contributed by atoms with Crippen LogP contribution < -0.4 is 5.32 Å². The van der Waals surface area contributed by atoms with E-state index in [2.05, 4.69) is 47.9 Å². The molecule has 2 heterocycles. The second-order valence-electron chi connectivity index (χ2n) is 5.36. The smallest absolute Gasteiger partial charge is 0.0693 e. The van der Waals surface area contributed by atoms with Gasteiger partial charge in [0.1, 0.15) is 0 Å². The normalized spacial score (nSPS) is 11.5. The first-order chi connectivity index (χ1) is 8.97. The number of aromatic nitrogens is 4. The summed E-state index contributed by atoms with van der Waals surface area (Å²) in [6.07, 6.45) is 3.92. The van der Waals surface area contributed by atoms with E-state index in [1.54, 1.807) is 0 Å². The first-order valence-electron chi connectivity index (χ1n) is 6.71. The molecule has 0 radical (unpaired) electrons. The molecule has 0 aliphatic carbocycles. The van der Waals surface area contributed by atoms with Gasteiger partial charge >= 0.3 is 0 Å². The summed E-state index contributed by atoms with van der Waals surface area (Å²) >= 11 is 0. The highest BCUT2D eigenvalue weighted by Crippen LogP contribution is 2.14. The minimum absolute atomic E-state index is 0.487. The maximum atomic E-state index is 4.63. The molecule has 0 saturated heterocycles. The Kier molecular flexibility index (Phi) is 4.04. The van der Waals surface area contributed by atoms with Crippen molar-refractivity contribution in [1.82, 2.24) is 24.9 Å². The van der Waals surface area contributed by atoms with Gasteiger partial charge in [-0.15, -0.1) is 0 Å². The molecule has 0 spiro atoms. The van der Waals surface area contributed by atoms with E-state index >= 15 is 0 Å². The zero-order chi connectivity index (χ0) is 14.0. The highest BCUT2D eigenvalue weighted by atomic mass is 15.3. The fraction of sp³-hybridized carbons (Fsp3) is 0.571. The van der Waals surface area contributed by atoms with Crippen LogP contribution in [0.1, 0.15) is 36.4 Å². The molecule has 0 amide bonds. The summed E-state index contributed by atoms with van der Waals surface area (Å²) in [4.78, 5) is 0. The summed E-state index contributed by atoms with van der Waals surface area (Å²) in [6, 6.07) is 0.487. The molecule has 1 N–H and O–H groups in total. The lowest BCUT2D eigenvalue weighted by Crippen LogP contribution is -2.22. The molecule has 0 saturated carbocycles. The lowest BCUT2D eigenvalue weighted by Gasteiger charge is -2.08. The van der Waals surface area contributed by atoms with E-state index in [9.17, 15) is 0 Å². The second kappa shape index (κ2) is 5.57. The minimum Gasteiger partial charge on any atom is -0.310 e. The van der Waals surface area contributed by atoms with Gasteiger partial charge in [-0.3, -0.25) is 9.36 Å². The van der Waals surface area contributed by atoms with Gasteiger partial charge < -0.3 is 5.32 Å². The molecule has 2 aromatic heterocycles. The van der Waals surface area contributed by atoms with Gasteiger partial charge in [-0.25, -0.2) is 0 Å². The Morgan fingerprint density at radius 3 is 2.63 bits per heavy atom. The average Bonchev–Trinajstić information content (AvgIpc) is 2.83. The lowest BCUT2D eigenvalue weighted by atomic mass is 10.2. The summed E-state index contributed by atoms with van der Waals surface area (Å²) in [5, 5.41) is 12.3. The third-order valence-electron chi connectivity index (χ3n) is 3.31. The number of nitrogens with one attached hydrogen (secondary N) is 1. The molecule has 5 nitrogen and oxygen atoms in total. The molecule has 0 bridgehead atoms. The summed E-state index contributed by atoms with van der Waals surface area (Å²) in [5.41, 5.74) is 4.82. The number of aryl methyl sites for hydroxylation is 2. The van der Waals surface area contributed by atoms with Crippen LogP contribution in [-0.4, -0.2) is 25.6 Å². The largest absolute Gasteiger partial charge is 0.310 e. The van der Waals surface area contributed by atoms with Gasteiger partial charge in [-0.2, -0.15) is 10.2 Å². The second-order valence-corrected chi connectivity index (χ2v) is 5.36. The van der Waals surface area contributed by atoms with Crippen molar-refractivity contribution in [2.24, 2.45) is 7.05 Å². The SMILES string of the molecule is Cc1nn(Cc2cnn(C)c2)c(C)c1CNC(C)C. The topological polar surface area (TPSA) is 47.7 Å². The molecule has 2 aromatic rings. The summed E-state index contributed by atoms with van der Waals surface area (Å²) in [7, 11) is 1.93. The van der Waals surface area contributed by atoms with Crippen molar-refractivity contribution < 1.29 is 0 Å². The number of hydrogen-bond donors (Lipinski definition) is 1. The lowest BCUT2D eigenvalue weighted by molar-refractivity contribution is 0.584. The highest BCUT2D eigenvalue weighted by molar-refractivity contribution is 5.25. The third kappa shape index (κ3) is 3.23. The molecule has 0 aliphatic rings. The quantitative estimate of drug-likeness (QED) is 0.892. The van der Waals surface area contributed by atoms with Crippen LogP contribution in [0.15, 0.2) is 12.4 Å². The molecule has 0 aliphatic heterocycles. The van der Waals surface area contributed by atoms with Crippen LogP contribution in [0.5, 0.6) is 0 Å². The first kappa shape index (κ1) is 13.8. The Bertz CT molecular complexity index is 550. The Balaban J connectivity index is 2.16. The van der Waals surface area contributed by atoms with Crippen LogP contribution in [-0.2, 0) is 20.1 Å². The number of rotatable bonds is 5. The Morgan fingerprint density at radius 2 is 2.05 bits per heavy atom. The van der Waals surface area contributed by atoms with E-state index in [0.717, 1.165) is 18.8 Å². The first-order valence-corrected chi connectivity index (χ1v) is 6.71. The van der Waals surface area contributed by atoms with Crippen molar-refractivity contribution >= 4 is 0 Å². The van der Waals surface area contributed by atoms with Crippen molar-refractivity contribution in [2.45, 2.75) is 46.8 Å². The number of nitrogens with zero attached hydrogens (tertiary/aromatic N) is 4. The van der Waals surface area contributed by atoms with Crippen LogP contribution in [0.25, 0.3) is 0 Å². The van der Waals surface area contributed by atoms with Gasteiger partial charge in [0, 0.05) is 42.7 Å². The molecule has 0 atom stereocenters. The fourth-order valence-electron chi connectivity index (χ4n) is 2.18. The van der Waals surface area contributed by atoms with Crippen molar-refractivity contribution in [3.8, 4) is 0 Å². The summed E-state index contributed by atoms with van der Waals surface area (Å²) in [6.45, 7) is 10.2. The Morgan fingerprint density at radius 1 is 1.32 bits per heavy atom. The molecule has 0 aromatic carbocycles. The van der Waals surface area contributed by atoms with Crippen LogP contribution in [0.2, 0.25) is 0 Å². The predicted molar refractivity (Wildman–Crippen MR) is 76.0 cm³/mol. The van der Waals surface area contributed by atoms with E-state index in [-0.39, 0.29) is 0 Å². The summed E-state index contributed by atoms with van der Waals surface area (Å²) < 4.78 is 3.88. The van der Waals surface area contributed by atoms with Crippen molar-refractivity contribution in [3.63, 3.8) is 0 Å². The van der Waals surface area contributed by atoms with E-state index in [4.69, 9.17) is 0 Å². The van der Waals surface area contributed by atoms with Crippen LogP contribution in [0.3, 0.4) is 0 Å². The third-order valence-corrected chi connectivity index (χ3v) is 3.31. The Labute approximate surface area is 114 Å². The minimum atomic E-state index is 0.487. The Hall–Kier alpha value is -1.62. The monoisotopic (exact) mass is 261 g/mol. The van der Waals surface area contributed by atoms with Crippen molar-refractivity contribution in [3.05, 3.63) is 34.9 Å². The van der Waals surface area contributed by atoms with Crippen LogP contribution >= 0.6 is 0 Å². The standard InChI is InChI=1S/C14H23N5/c1-10(2)15-7-14-11(3)17-19(12(14)4)9-13-6-16-18(5)8-13/h6,8,10,15H,7,9H2,1-5H3. The van der Waals surface area contributed by atoms with Crippen molar-refractivity contribution in [2.75, 3.05) is 0 Å². The van der Waals surface area contributed by atoms with Gasteiger partial charge in [0.05, 0.1) is 18.4 Å². The average molecular weight is 261 g/mol. The molecule has 2 rings (SSSR count). The molecular weight excluding hydrogens is 238 g/mol. The molecule has 0 unspecified atom stereocenters. The maximum absolute atomic E-state index is 4.63. The van der Waals surface area contributed by atoms with Gasteiger partial charge in [-0.1, -0.05) is 13.8 Å². The van der Waals surface area contributed by atoms with Crippen molar-refractivity contribution in [1.29, 1.82) is 0 Å². The van der Waals surface area contributed by atoms with E-state index in [1.165, 1.54) is 16.8 Å². The van der Waals surface area contributed by atoms with Gasteiger partial charge in [0.15, 0.2) is 0 Å². The van der Waals surface area contributed by atoms with Gasteiger partial charge in [-0.05, 0) is 13.8 Å². The number of hydrogen-bond acceptors (Lipinski definition) is 3. The van der Waals surface area contributed by atoms with Gasteiger partial charge in [0.2, 0.25) is 0 Å². The molecular formula is C14H23N5. The zero-order valence-electron chi connectivity index (χ0n) is 12.4. The van der Waals surface area contributed by atoms with Gasteiger partial charge in [0.25, 0.3) is 0 Å². The van der Waals surface area contributed by atoms with E-state index in [0.29, 0.717) is 6.04 Å². The molecule has 104 valence electrons. The predicted octanol–water partition coefficient (Wildman–Crippen LogP) is 1.78. The summed E-state index contributed by atoms with van der Waals surface area (Å²) in [5.74, 6) is 0. The van der Waals surface area contributed by atoms with E-state index in [1.807, 2.05) is 24.1 Å². The maximum Gasteiger partial charge on any atom is 0.0693 e. The zero-order valence-corrected chi connectivity index (χ0v) is 12.4. The molecule has 5 heteroatoms. The van der Waals surface area contributed by atoms with E-state index < -0.39 is 0 Å². The van der Waals surface area contributed by atoms with Crippen LogP contribution in [0, 0.1) is 13.8 Å². The fourth-order valence-corrected chi connectivity index (χ4v) is 2.18. The molecule has 19 heavy (non-hydrogen) atoms. The highest BCUT2D eigenvalue weighted by Gasteiger charge is 2.12. The molecule has 0 fully saturated rings.